The Morgan fingerprint density at radius 2 is 1.34 bits per heavy atom. The molecule has 2 aromatic carbocycles. The van der Waals surface area contributed by atoms with E-state index in [1.54, 1.807) is 0 Å². The summed E-state index contributed by atoms with van der Waals surface area (Å²) < 4.78 is 46.0. The van der Waals surface area contributed by atoms with Gasteiger partial charge in [0.1, 0.15) is 23.5 Å². The topological polar surface area (TPSA) is 94.3 Å². The molecule has 1 heterocycles. The summed E-state index contributed by atoms with van der Waals surface area (Å²) in [6.07, 6.45) is -3.43. The predicted octanol–water partition coefficient (Wildman–Crippen LogP) is 4.84. The van der Waals surface area contributed by atoms with Gasteiger partial charge in [-0.3, -0.25) is 0 Å². The molecule has 0 unspecified atom stereocenters. The number of ether oxygens (including phenoxy) is 2. The Bertz CT molecular complexity index is 948. The second-order valence-electron chi connectivity index (χ2n) is 5.76. The van der Waals surface area contributed by atoms with Gasteiger partial charge in [-0.05, 0) is 55.5 Å². The monoisotopic (exact) mass is 405 g/mol. The highest BCUT2D eigenvalue weighted by atomic mass is 19.4. The summed E-state index contributed by atoms with van der Waals surface area (Å²) >= 11 is 0. The van der Waals surface area contributed by atoms with Crippen LogP contribution < -0.4 is 25.8 Å². The molecule has 152 valence electrons. The molecule has 3 rings (SSSR count). The lowest BCUT2D eigenvalue weighted by molar-refractivity contribution is -0.274. The Labute approximate surface area is 164 Å². The number of nitrogens with one attached hydrogen (secondary N) is 2. The van der Waals surface area contributed by atoms with Gasteiger partial charge in [0.05, 0.1) is 6.61 Å². The van der Waals surface area contributed by atoms with E-state index in [1.165, 1.54) is 30.6 Å². The maximum Gasteiger partial charge on any atom is 0.573 e. The molecule has 0 fully saturated rings. The van der Waals surface area contributed by atoms with Gasteiger partial charge in [0, 0.05) is 11.4 Å². The van der Waals surface area contributed by atoms with Gasteiger partial charge >= 0.3 is 6.36 Å². The van der Waals surface area contributed by atoms with Gasteiger partial charge < -0.3 is 25.8 Å². The normalized spacial score (nSPS) is 11.0. The molecular weight excluding hydrogens is 387 g/mol. The van der Waals surface area contributed by atoms with E-state index in [2.05, 4.69) is 25.3 Å². The summed E-state index contributed by atoms with van der Waals surface area (Å²) in [7, 11) is 0. The van der Waals surface area contributed by atoms with Crippen molar-refractivity contribution < 1.29 is 22.6 Å². The van der Waals surface area contributed by atoms with Crippen LogP contribution in [0, 0.1) is 0 Å². The molecule has 10 heteroatoms. The van der Waals surface area contributed by atoms with Crippen molar-refractivity contribution in [1.82, 2.24) is 9.97 Å². The van der Waals surface area contributed by atoms with E-state index in [4.69, 9.17) is 10.5 Å². The first kappa shape index (κ1) is 20.1. The first-order chi connectivity index (χ1) is 13.8. The number of nitrogens with two attached hydrogens (primary N) is 1. The van der Waals surface area contributed by atoms with Crippen LogP contribution in [-0.2, 0) is 0 Å². The number of hydrogen-bond donors (Lipinski definition) is 3. The summed E-state index contributed by atoms with van der Waals surface area (Å²) in [4.78, 5) is 8.20. The van der Waals surface area contributed by atoms with Crippen LogP contribution in [-0.4, -0.2) is 22.9 Å². The van der Waals surface area contributed by atoms with Crippen LogP contribution in [0.3, 0.4) is 0 Å². The summed E-state index contributed by atoms with van der Waals surface area (Å²) in [6, 6.07) is 12.5. The number of anilines is 5. The van der Waals surface area contributed by atoms with Crippen LogP contribution in [0.2, 0.25) is 0 Å². The number of nitrogen functional groups attached to an aromatic ring is 1. The van der Waals surface area contributed by atoms with Gasteiger partial charge in [-0.25, -0.2) is 9.97 Å². The number of aromatic nitrogens is 2. The van der Waals surface area contributed by atoms with Gasteiger partial charge in [-0.15, -0.1) is 13.2 Å². The lowest BCUT2D eigenvalue weighted by Gasteiger charge is -2.13. The molecule has 4 N–H and O–H groups in total. The van der Waals surface area contributed by atoms with E-state index in [0.29, 0.717) is 23.9 Å². The molecule has 0 aliphatic carbocycles. The minimum absolute atomic E-state index is 0.247. The third-order valence-corrected chi connectivity index (χ3v) is 3.66. The third kappa shape index (κ3) is 5.64. The number of halogens is 3. The molecule has 0 atom stereocenters. The van der Waals surface area contributed by atoms with E-state index < -0.39 is 6.36 Å². The van der Waals surface area contributed by atoms with Crippen LogP contribution in [0.15, 0.2) is 54.9 Å². The first-order valence-electron chi connectivity index (χ1n) is 8.57. The molecule has 0 aliphatic heterocycles. The summed E-state index contributed by atoms with van der Waals surface area (Å²) in [5, 5.41) is 6.03. The lowest BCUT2D eigenvalue weighted by atomic mass is 10.3. The second kappa shape index (κ2) is 8.55. The molecule has 0 saturated heterocycles. The fourth-order valence-corrected chi connectivity index (χ4v) is 2.41. The average molecular weight is 405 g/mol. The quantitative estimate of drug-likeness (QED) is 0.518. The fourth-order valence-electron chi connectivity index (χ4n) is 2.41. The highest BCUT2D eigenvalue weighted by Gasteiger charge is 2.30. The van der Waals surface area contributed by atoms with E-state index in [0.717, 1.165) is 11.4 Å². The highest BCUT2D eigenvalue weighted by molar-refractivity contribution is 5.80. The molecule has 0 radical (unpaired) electrons. The van der Waals surface area contributed by atoms with Crippen LogP contribution in [0.4, 0.5) is 41.9 Å². The Morgan fingerprint density at radius 1 is 0.862 bits per heavy atom. The SMILES string of the molecule is CCOc1ccc(Nc2ncnc(Nc3ccc(OC(F)(F)F)cc3)c2N)cc1. The van der Waals surface area contributed by atoms with E-state index in [9.17, 15) is 13.2 Å². The van der Waals surface area contributed by atoms with Crippen LogP contribution >= 0.6 is 0 Å². The number of hydrogen-bond acceptors (Lipinski definition) is 7. The molecule has 0 saturated carbocycles. The molecule has 0 spiro atoms. The Hall–Kier alpha value is -3.69. The molecule has 3 aromatic rings. The lowest BCUT2D eigenvalue weighted by Crippen LogP contribution is -2.17. The fraction of sp³-hybridized carbons (Fsp3) is 0.158. The Morgan fingerprint density at radius 3 is 1.79 bits per heavy atom. The summed E-state index contributed by atoms with van der Waals surface area (Å²) in [6.45, 7) is 2.48. The first-order valence-corrected chi connectivity index (χ1v) is 8.57. The van der Waals surface area contributed by atoms with E-state index in [-0.39, 0.29) is 11.4 Å². The van der Waals surface area contributed by atoms with Crippen molar-refractivity contribution in [2.45, 2.75) is 13.3 Å². The van der Waals surface area contributed by atoms with Crippen LogP contribution in [0.1, 0.15) is 6.92 Å². The smallest absolute Gasteiger partial charge is 0.494 e. The molecule has 0 bridgehead atoms. The van der Waals surface area contributed by atoms with Gasteiger partial charge in [0.2, 0.25) is 0 Å². The number of rotatable bonds is 7. The molecular formula is C19H18F3N5O2. The minimum atomic E-state index is -4.74. The van der Waals surface area contributed by atoms with Crippen molar-refractivity contribution in [3.63, 3.8) is 0 Å². The largest absolute Gasteiger partial charge is 0.573 e. The average Bonchev–Trinajstić information content (AvgIpc) is 2.67. The third-order valence-electron chi connectivity index (χ3n) is 3.66. The maximum atomic E-state index is 12.2. The zero-order chi connectivity index (χ0) is 20.9. The standard InChI is InChI=1S/C19H18F3N5O2/c1-2-28-14-7-3-12(4-8-14)26-17-16(23)18(25-11-24-17)27-13-5-9-15(10-6-13)29-19(20,21)22/h3-11H,2,23H2,1H3,(H2,24,25,26,27). The molecule has 29 heavy (non-hydrogen) atoms. The zero-order valence-corrected chi connectivity index (χ0v) is 15.3. The van der Waals surface area contributed by atoms with Gasteiger partial charge in [0.15, 0.2) is 11.6 Å². The van der Waals surface area contributed by atoms with Crippen molar-refractivity contribution in [1.29, 1.82) is 0 Å². The van der Waals surface area contributed by atoms with E-state index >= 15 is 0 Å². The Balaban J connectivity index is 1.71. The van der Waals surface area contributed by atoms with Crippen LogP contribution in [0.25, 0.3) is 0 Å². The van der Waals surface area contributed by atoms with E-state index in [1.807, 2.05) is 31.2 Å². The predicted molar refractivity (Wildman–Crippen MR) is 104 cm³/mol. The van der Waals surface area contributed by atoms with Crippen LogP contribution in [0.5, 0.6) is 11.5 Å². The maximum absolute atomic E-state index is 12.2. The van der Waals surface area contributed by atoms with Crippen molar-refractivity contribution in [3.8, 4) is 11.5 Å². The summed E-state index contributed by atoms with van der Waals surface area (Å²) in [5.41, 5.74) is 7.60. The molecule has 0 amide bonds. The number of benzene rings is 2. The zero-order valence-electron chi connectivity index (χ0n) is 15.3. The number of alkyl halides is 3. The van der Waals surface area contributed by atoms with Crippen molar-refractivity contribution in [3.05, 3.63) is 54.9 Å². The number of nitrogens with zero attached hydrogens (tertiary/aromatic N) is 2. The second-order valence-corrected chi connectivity index (χ2v) is 5.76. The summed E-state index contributed by atoms with van der Waals surface area (Å²) in [5.74, 6) is 1.10. The van der Waals surface area contributed by atoms with Crippen molar-refractivity contribution >= 4 is 28.7 Å². The Kier molecular flexibility index (Phi) is 5.91. The van der Waals surface area contributed by atoms with Crippen molar-refractivity contribution in [2.75, 3.05) is 23.0 Å². The molecule has 1 aromatic heterocycles. The van der Waals surface area contributed by atoms with Crippen molar-refractivity contribution in [2.24, 2.45) is 0 Å². The van der Waals surface area contributed by atoms with Gasteiger partial charge in [0.25, 0.3) is 0 Å². The molecule has 0 aliphatic rings. The van der Waals surface area contributed by atoms with Gasteiger partial charge in [-0.1, -0.05) is 0 Å². The van der Waals surface area contributed by atoms with Gasteiger partial charge in [-0.2, -0.15) is 0 Å². The minimum Gasteiger partial charge on any atom is -0.494 e. The highest BCUT2D eigenvalue weighted by Crippen LogP contribution is 2.30. The molecule has 7 nitrogen and oxygen atoms in total.